The zero-order chi connectivity index (χ0) is 12.5. The van der Waals surface area contributed by atoms with Crippen molar-refractivity contribution in [1.82, 2.24) is 20.4 Å². The average Bonchev–Trinajstić information content (AvgIpc) is 2.79. The number of rotatable bonds is 6. The monoisotopic (exact) mass is 365 g/mol. The molecule has 5 nitrogen and oxygen atoms in total. The first-order valence-electron chi connectivity index (χ1n) is 6.14. The molecule has 0 amide bonds. The smallest absolute Gasteiger partial charge is 0.191 e. The lowest BCUT2D eigenvalue weighted by Gasteiger charge is -2.12. The van der Waals surface area contributed by atoms with Crippen LogP contribution in [0, 0.1) is 5.92 Å². The number of halogens is 1. The zero-order valence-corrected chi connectivity index (χ0v) is 13.7. The van der Waals surface area contributed by atoms with Gasteiger partial charge in [-0.25, -0.2) is 0 Å². The van der Waals surface area contributed by atoms with E-state index in [9.17, 15) is 0 Å². The summed E-state index contributed by atoms with van der Waals surface area (Å²) in [4.78, 5) is 4.17. The van der Waals surface area contributed by atoms with Crippen molar-refractivity contribution in [2.45, 2.75) is 26.8 Å². The third-order valence-electron chi connectivity index (χ3n) is 2.43. The second kappa shape index (κ2) is 10.2. The van der Waals surface area contributed by atoms with Gasteiger partial charge in [0.2, 0.25) is 0 Å². The average molecular weight is 365 g/mol. The van der Waals surface area contributed by atoms with E-state index >= 15 is 0 Å². The van der Waals surface area contributed by atoms with Crippen LogP contribution in [-0.4, -0.2) is 35.9 Å². The molecule has 0 unspecified atom stereocenters. The maximum Gasteiger partial charge on any atom is 0.191 e. The second-order valence-electron chi connectivity index (χ2n) is 4.38. The number of nitrogens with one attached hydrogen (secondary N) is 2. The van der Waals surface area contributed by atoms with Gasteiger partial charge >= 0.3 is 0 Å². The first kappa shape index (κ1) is 17.2. The van der Waals surface area contributed by atoms with Gasteiger partial charge in [-0.2, -0.15) is 5.10 Å². The highest BCUT2D eigenvalue weighted by Gasteiger charge is 1.98. The molecular weight excluding hydrogens is 341 g/mol. The molecule has 0 spiro atoms. The number of hydrogen-bond donors (Lipinski definition) is 2. The molecular formula is C12H24IN5. The fourth-order valence-corrected chi connectivity index (χ4v) is 1.42. The third-order valence-corrected chi connectivity index (χ3v) is 2.43. The fraction of sp³-hybridized carbons (Fsp3) is 0.667. The Balaban J connectivity index is 0.00000289. The van der Waals surface area contributed by atoms with Gasteiger partial charge in [0.05, 0.1) is 6.54 Å². The quantitative estimate of drug-likeness (QED) is 0.459. The van der Waals surface area contributed by atoms with E-state index in [1.807, 2.05) is 16.9 Å². The summed E-state index contributed by atoms with van der Waals surface area (Å²) < 4.78 is 1.90. The van der Waals surface area contributed by atoms with Crippen molar-refractivity contribution < 1.29 is 0 Å². The molecule has 6 heteroatoms. The maximum atomic E-state index is 4.17. The van der Waals surface area contributed by atoms with Gasteiger partial charge in [-0.15, -0.1) is 24.0 Å². The van der Waals surface area contributed by atoms with Crippen molar-refractivity contribution in [2.24, 2.45) is 10.9 Å². The molecule has 0 aliphatic heterocycles. The van der Waals surface area contributed by atoms with Crippen LogP contribution in [0.3, 0.4) is 0 Å². The molecule has 0 fully saturated rings. The highest BCUT2D eigenvalue weighted by Crippen LogP contribution is 1.95. The van der Waals surface area contributed by atoms with E-state index in [2.05, 4.69) is 34.6 Å². The Kier molecular flexibility index (Phi) is 9.72. The molecule has 0 aliphatic carbocycles. The lowest BCUT2D eigenvalue weighted by molar-refractivity contribution is 0.566. The standard InChI is InChI=1S/C12H23N5.HI/c1-11(2)5-7-14-12(13-3)15-8-10-17-9-4-6-16-17;/h4,6,9,11H,5,7-8,10H2,1-3H3,(H2,13,14,15);1H. The van der Waals surface area contributed by atoms with Crippen molar-refractivity contribution in [3.8, 4) is 0 Å². The normalized spacial score (nSPS) is 11.2. The van der Waals surface area contributed by atoms with Crippen molar-refractivity contribution in [3.63, 3.8) is 0 Å². The molecule has 1 aromatic heterocycles. The summed E-state index contributed by atoms with van der Waals surface area (Å²) in [6, 6.07) is 1.93. The molecule has 0 aliphatic rings. The van der Waals surface area contributed by atoms with Gasteiger partial charge in [0.15, 0.2) is 5.96 Å². The Hall–Kier alpha value is -0.790. The zero-order valence-electron chi connectivity index (χ0n) is 11.4. The topological polar surface area (TPSA) is 54.2 Å². The van der Waals surface area contributed by atoms with Crippen LogP contribution in [0.25, 0.3) is 0 Å². The highest BCUT2D eigenvalue weighted by atomic mass is 127. The molecule has 104 valence electrons. The second-order valence-corrected chi connectivity index (χ2v) is 4.38. The number of aliphatic imine (C=N–C) groups is 1. The molecule has 18 heavy (non-hydrogen) atoms. The van der Waals surface area contributed by atoms with Crippen LogP contribution in [0.15, 0.2) is 23.5 Å². The third kappa shape index (κ3) is 7.52. The Bertz CT molecular complexity index is 321. The number of hydrogen-bond acceptors (Lipinski definition) is 2. The van der Waals surface area contributed by atoms with Crippen LogP contribution in [0.5, 0.6) is 0 Å². The van der Waals surface area contributed by atoms with E-state index < -0.39 is 0 Å². The summed E-state index contributed by atoms with van der Waals surface area (Å²) >= 11 is 0. The molecule has 1 rings (SSSR count). The van der Waals surface area contributed by atoms with Gasteiger partial charge in [0.1, 0.15) is 0 Å². The lowest BCUT2D eigenvalue weighted by Crippen LogP contribution is -2.39. The van der Waals surface area contributed by atoms with E-state index in [4.69, 9.17) is 0 Å². The first-order chi connectivity index (χ1) is 8.22. The van der Waals surface area contributed by atoms with E-state index in [0.717, 1.165) is 32.0 Å². The highest BCUT2D eigenvalue weighted by molar-refractivity contribution is 14.0. The van der Waals surface area contributed by atoms with E-state index in [1.165, 1.54) is 0 Å². The molecule has 2 N–H and O–H groups in total. The van der Waals surface area contributed by atoms with Gasteiger partial charge < -0.3 is 10.6 Å². The summed E-state index contributed by atoms with van der Waals surface area (Å²) in [6.45, 7) is 7.06. The van der Waals surface area contributed by atoms with Crippen LogP contribution in [-0.2, 0) is 6.54 Å². The van der Waals surface area contributed by atoms with Gasteiger partial charge in [0, 0.05) is 32.5 Å². The minimum atomic E-state index is 0. The van der Waals surface area contributed by atoms with Crippen molar-refractivity contribution >= 4 is 29.9 Å². The van der Waals surface area contributed by atoms with Crippen LogP contribution >= 0.6 is 24.0 Å². The number of guanidine groups is 1. The van der Waals surface area contributed by atoms with Crippen LogP contribution in [0.4, 0.5) is 0 Å². The minimum absolute atomic E-state index is 0. The van der Waals surface area contributed by atoms with Crippen LogP contribution in [0.1, 0.15) is 20.3 Å². The Morgan fingerprint density at radius 3 is 2.61 bits per heavy atom. The fourth-order valence-electron chi connectivity index (χ4n) is 1.42. The first-order valence-corrected chi connectivity index (χ1v) is 6.14. The van der Waals surface area contributed by atoms with Gasteiger partial charge in [-0.05, 0) is 18.4 Å². The van der Waals surface area contributed by atoms with Gasteiger partial charge in [0.25, 0.3) is 0 Å². The van der Waals surface area contributed by atoms with Gasteiger partial charge in [-0.1, -0.05) is 13.8 Å². The molecule has 0 radical (unpaired) electrons. The van der Waals surface area contributed by atoms with E-state index in [-0.39, 0.29) is 24.0 Å². The summed E-state index contributed by atoms with van der Waals surface area (Å²) in [5.74, 6) is 1.57. The predicted molar refractivity (Wildman–Crippen MR) is 86.5 cm³/mol. The number of aromatic nitrogens is 2. The maximum absolute atomic E-state index is 4.17. The van der Waals surface area contributed by atoms with Crippen molar-refractivity contribution in [1.29, 1.82) is 0 Å². The van der Waals surface area contributed by atoms with Crippen molar-refractivity contribution in [2.75, 3.05) is 20.1 Å². The Morgan fingerprint density at radius 2 is 2.06 bits per heavy atom. The summed E-state index contributed by atoms with van der Waals surface area (Å²) in [5, 5.41) is 10.7. The Labute approximate surface area is 126 Å². The molecule has 0 aromatic carbocycles. The molecule has 0 bridgehead atoms. The lowest BCUT2D eigenvalue weighted by atomic mass is 10.1. The minimum Gasteiger partial charge on any atom is -0.356 e. The largest absolute Gasteiger partial charge is 0.356 e. The Morgan fingerprint density at radius 1 is 1.33 bits per heavy atom. The SMILES string of the molecule is CN=C(NCCC(C)C)NCCn1cccn1.I. The molecule has 1 aromatic rings. The van der Waals surface area contributed by atoms with Crippen LogP contribution < -0.4 is 10.6 Å². The predicted octanol–water partition coefficient (Wildman–Crippen LogP) is 1.71. The molecule has 0 saturated heterocycles. The van der Waals surface area contributed by atoms with Gasteiger partial charge in [-0.3, -0.25) is 9.67 Å². The van der Waals surface area contributed by atoms with E-state index in [1.54, 1.807) is 13.2 Å². The van der Waals surface area contributed by atoms with Crippen LogP contribution in [0.2, 0.25) is 0 Å². The number of nitrogens with zero attached hydrogens (tertiary/aromatic N) is 3. The van der Waals surface area contributed by atoms with Crippen molar-refractivity contribution in [3.05, 3.63) is 18.5 Å². The molecule has 0 saturated carbocycles. The molecule has 1 heterocycles. The van der Waals surface area contributed by atoms with E-state index in [0.29, 0.717) is 5.92 Å². The summed E-state index contributed by atoms with van der Waals surface area (Å²) in [6.07, 6.45) is 4.90. The molecule has 0 atom stereocenters. The summed E-state index contributed by atoms with van der Waals surface area (Å²) in [5.41, 5.74) is 0. The summed E-state index contributed by atoms with van der Waals surface area (Å²) in [7, 11) is 1.79.